The third-order valence-electron chi connectivity index (χ3n) is 5.42. The fourth-order valence-electron chi connectivity index (χ4n) is 4.32. The molecule has 0 amide bonds. The van der Waals surface area contributed by atoms with Gasteiger partial charge in [0, 0.05) is 27.5 Å². The molecule has 0 radical (unpaired) electrons. The fourth-order valence-corrected chi connectivity index (χ4v) is 5.71. The van der Waals surface area contributed by atoms with Crippen LogP contribution in [0.15, 0.2) is 33.2 Å². The van der Waals surface area contributed by atoms with Gasteiger partial charge in [0.2, 0.25) is 0 Å². The van der Waals surface area contributed by atoms with Crippen LogP contribution < -0.4 is 4.74 Å². The largest absolute Gasteiger partial charge is 0.495 e. The zero-order chi connectivity index (χ0) is 16.7. The lowest BCUT2D eigenvalue weighted by atomic mass is 10.0. The van der Waals surface area contributed by atoms with Crippen LogP contribution in [0.25, 0.3) is 11.3 Å². The number of hydrogen-bond donors (Lipinski definition) is 1. The summed E-state index contributed by atoms with van der Waals surface area (Å²) < 4.78 is 7.61. The molecule has 5 heteroatoms. The molecule has 2 aromatic rings. The van der Waals surface area contributed by atoms with E-state index in [0.29, 0.717) is 6.04 Å². The molecule has 0 aliphatic carbocycles. The van der Waals surface area contributed by atoms with Crippen molar-refractivity contribution in [2.75, 3.05) is 13.7 Å². The number of piperidine rings is 1. The average Bonchev–Trinajstić information content (AvgIpc) is 3.20. The van der Waals surface area contributed by atoms with E-state index in [1.54, 1.807) is 7.11 Å². The van der Waals surface area contributed by atoms with Crippen molar-refractivity contribution in [2.45, 2.75) is 44.2 Å². The topological polar surface area (TPSA) is 28.3 Å². The fraction of sp³-hybridized carbons (Fsp3) is 0.474. The van der Waals surface area contributed by atoms with Crippen LogP contribution in [0, 0.1) is 0 Å². The maximum absolute atomic E-state index is 5.61. The highest BCUT2D eigenvalue weighted by atomic mass is 79.9. The van der Waals surface area contributed by atoms with Gasteiger partial charge in [0.1, 0.15) is 5.75 Å². The Bertz CT molecular complexity index is 743. The van der Waals surface area contributed by atoms with Gasteiger partial charge in [-0.3, -0.25) is 4.90 Å². The highest BCUT2D eigenvalue weighted by Crippen LogP contribution is 2.42. The van der Waals surface area contributed by atoms with E-state index in [4.69, 9.17) is 4.74 Å². The van der Waals surface area contributed by atoms with Crippen molar-refractivity contribution in [3.8, 4) is 17.0 Å². The van der Waals surface area contributed by atoms with Gasteiger partial charge in [0.05, 0.1) is 17.6 Å². The van der Waals surface area contributed by atoms with Crippen molar-refractivity contribution < 1.29 is 4.74 Å². The molecule has 1 aromatic heterocycles. The van der Waals surface area contributed by atoms with E-state index >= 15 is 0 Å². The van der Waals surface area contributed by atoms with Crippen LogP contribution in [0.4, 0.5) is 0 Å². The Morgan fingerprint density at radius 2 is 2.00 bits per heavy atom. The molecule has 1 aromatic carbocycles. The van der Waals surface area contributed by atoms with Crippen molar-refractivity contribution in [1.82, 2.24) is 9.88 Å². The summed E-state index contributed by atoms with van der Waals surface area (Å²) in [5.41, 5.74) is 3.54. The molecular weight excluding hydrogens is 432 g/mol. The van der Waals surface area contributed by atoms with Gasteiger partial charge in [-0.1, -0.05) is 22.4 Å². The number of aromatic nitrogens is 1. The lowest BCUT2D eigenvalue weighted by Crippen LogP contribution is -2.35. The third kappa shape index (κ3) is 2.95. The molecule has 4 rings (SSSR count). The third-order valence-corrected chi connectivity index (χ3v) is 6.46. The second kappa shape index (κ2) is 6.85. The molecule has 2 aliphatic heterocycles. The van der Waals surface area contributed by atoms with Crippen LogP contribution >= 0.6 is 31.9 Å². The Labute approximate surface area is 160 Å². The van der Waals surface area contributed by atoms with Gasteiger partial charge in [-0.05, 0) is 72.4 Å². The Balaban J connectivity index is 1.66. The molecule has 24 heavy (non-hydrogen) atoms. The SMILES string of the molecule is COc1c(Br)cc(Br)cc1-c1ccc(C2CCC3CCCCN32)[nH]1. The zero-order valence-corrected chi connectivity index (χ0v) is 17.0. The Morgan fingerprint density at radius 1 is 1.12 bits per heavy atom. The second-order valence-corrected chi connectivity index (χ2v) is 8.55. The predicted molar refractivity (Wildman–Crippen MR) is 105 cm³/mol. The summed E-state index contributed by atoms with van der Waals surface area (Å²) in [5, 5.41) is 0. The van der Waals surface area contributed by atoms with Crippen molar-refractivity contribution in [3.63, 3.8) is 0 Å². The van der Waals surface area contributed by atoms with Gasteiger partial charge in [0.15, 0.2) is 0 Å². The molecule has 128 valence electrons. The Hall–Kier alpha value is -0.780. The molecule has 2 unspecified atom stereocenters. The van der Waals surface area contributed by atoms with Crippen LogP contribution in [0.3, 0.4) is 0 Å². The number of aromatic amines is 1. The molecule has 2 saturated heterocycles. The van der Waals surface area contributed by atoms with Crippen LogP contribution in [-0.2, 0) is 0 Å². The van der Waals surface area contributed by atoms with E-state index in [-0.39, 0.29) is 0 Å². The summed E-state index contributed by atoms with van der Waals surface area (Å²) in [4.78, 5) is 6.39. The number of methoxy groups -OCH3 is 1. The molecule has 2 aliphatic rings. The molecule has 3 nitrogen and oxygen atoms in total. The highest BCUT2D eigenvalue weighted by Gasteiger charge is 2.36. The van der Waals surface area contributed by atoms with Crippen LogP contribution in [-0.4, -0.2) is 29.6 Å². The molecule has 2 fully saturated rings. The van der Waals surface area contributed by atoms with Gasteiger partial charge in [-0.2, -0.15) is 0 Å². The minimum atomic E-state index is 0.547. The average molecular weight is 454 g/mol. The summed E-state index contributed by atoms with van der Waals surface area (Å²) in [6.45, 7) is 1.25. The van der Waals surface area contributed by atoms with Gasteiger partial charge in [0.25, 0.3) is 0 Å². The van der Waals surface area contributed by atoms with Crippen LogP contribution in [0.2, 0.25) is 0 Å². The first-order chi connectivity index (χ1) is 11.7. The normalized spacial score (nSPS) is 24.1. The highest BCUT2D eigenvalue weighted by molar-refractivity contribution is 9.11. The summed E-state index contributed by atoms with van der Waals surface area (Å²) in [6, 6.07) is 9.91. The smallest absolute Gasteiger partial charge is 0.142 e. The Kier molecular flexibility index (Phi) is 4.76. The summed E-state index contributed by atoms with van der Waals surface area (Å²) in [6.07, 6.45) is 6.71. The van der Waals surface area contributed by atoms with Crippen molar-refractivity contribution in [2.24, 2.45) is 0 Å². The van der Waals surface area contributed by atoms with Crippen LogP contribution in [0.5, 0.6) is 5.75 Å². The molecule has 1 N–H and O–H groups in total. The maximum Gasteiger partial charge on any atom is 0.142 e. The second-order valence-electron chi connectivity index (χ2n) is 6.78. The van der Waals surface area contributed by atoms with E-state index in [0.717, 1.165) is 32.0 Å². The van der Waals surface area contributed by atoms with Gasteiger partial charge >= 0.3 is 0 Å². The molecule has 0 bridgehead atoms. The molecule has 0 saturated carbocycles. The number of halogens is 2. The molecule has 3 heterocycles. The first-order valence-electron chi connectivity index (χ1n) is 8.65. The van der Waals surface area contributed by atoms with E-state index in [1.165, 1.54) is 44.3 Å². The minimum absolute atomic E-state index is 0.547. The predicted octanol–water partition coefficient (Wildman–Crippen LogP) is 5.90. The van der Waals surface area contributed by atoms with Crippen LogP contribution in [0.1, 0.15) is 43.8 Å². The van der Waals surface area contributed by atoms with Gasteiger partial charge in [-0.25, -0.2) is 0 Å². The van der Waals surface area contributed by atoms with E-state index in [1.807, 2.05) is 6.07 Å². The van der Waals surface area contributed by atoms with Crippen molar-refractivity contribution in [3.05, 3.63) is 38.9 Å². The molecule has 0 spiro atoms. The molecule has 2 atom stereocenters. The zero-order valence-electron chi connectivity index (χ0n) is 13.8. The van der Waals surface area contributed by atoms with Gasteiger partial charge < -0.3 is 9.72 Å². The number of H-pyrrole nitrogens is 1. The number of nitrogens with one attached hydrogen (secondary N) is 1. The monoisotopic (exact) mass is 452 g/mol. The Morgan fingerprint density at radius 3 is 2.83 bits per heavy atom. The van der Waals surface area contributed by atoms with Crippen molar-refractivity contribution >= 4 is 31.9 Å². The molecular formula is C19H22Br2N2O. The number of rotatable bonds is 3. The number of hydrogen-bond acceptors (Lipinski definition) is 2. The number of nitrogens with zero attached hydrogens (tertiary/aromatic N) is 1. The van der Waals surface area contributed by atoms with E-state index in [9.17, 15) is 0 Å². The summed E-state index contributed by atoms with van der Waals surface area (Å²) in [5.74, 6) is 0.869. The first kappa shape index (κ1) is 16.7. The van der Waals surface area contributed by atoms with Crippen molar-refractivity contribution in [1.29, 1.82) is 0 Å². The van der Waals surface area contributed by atoms with E-state index < -0.39 is 0 Å². The number of benzene rings is 1. The lowest BCUT2D eigenvalue weighted by Gasteiger charge is -2.33. The maximum atomic E-state index is 5.61. The summed E-state index contributed by atoms with van der Waals surface area (Å²) >= 11 is 7.18. The standard InChI is InChI=1S/C19H22Br2N2O/c1-24-19-14(10-12(20)11-15(19)21)16-6-7-17(22-16)18-8-5-13-4-2-3-9-23(13)18/h6-7,10-11,13,18,22H,2-5,8-9H2,1H3. The lowest BCUT2D eigenvalue weighted by molar-refractivity contribution is 0.148. The summed E-state index contributed by atoms with van der Waals surface area (Å²) in [7, 11) is 1.72. The number of ether oxygens (including phenoxy) is 1. The van der Waals surface area contributed by atoms with E-state index in [2.05, 4.69) is 59.9 Å². The van der Waals surface area contributed by atoms with Gasteiger partial charge in [-0.15, -0.1) is 0 Å². The quantitative estimate of drug-likeness (QED) is 0.626. The number of fused-ring (bicyclic) bond motifs is 1. The minimum Gasteiger partial charge on any atom is -0.495 e. The first-order valence-corrected chi connectivity index (χ1v) is 10.2.